The molecule has 3 rings (SSSR count). The van der Waals surface area contributed by atoms with Crippen LogP contribution in [0.4, 0.5) is 0 Å². The minimum absolute atomic E-state index is 0.173. The minimum Gasteiger partial charge on any atom is -0.805 e. The van der Waals surface area contributed by atoms with E-state index in [1.165, 1.54) is 0 Å². The fourth-order valence-corrected chi connectivity index (χ4v) is 3.25. The van der Waals surface area contributed by atoms with Crippen molar-refractivity contribution in [3.05, 3.63) is 45.8 Å². The molecule has 2 aromatic rings. The monoisotopic (exact) mass is 236 g/mol. The standard InChI is InChI=1S/C10H8N2O3S/c13-11-7-3-1-2-4-8(7)12(14)10-6-16(15)5-9(10)11/h1-4H,5-6H2. The lowest BCUT2D eigenvalue weighted by Crippen LogP contribution is -2.25. The molecule has 1 aliphatic rings. The van der Waals surface area contributed by atoms with Gasteiger partial charge in [0, 0.05) is 21.8 Å². The maximum atomic E-state index is 11.9. The molecule has 0 bridgehead atoms. The van der Waals surface area contributed by atoms with Crippen molar-refractivity contribution in [2.24, 2.45) is 0 Å². The van der Waals surface area contributed by atoms with Crippen molar-refractivity contribution in [2.45, 2.75) is 11.5 Å². The van der Waals surface area contributed by atoms with Gasteiger partial charge in [-0.25, -0.2) is 0 Å². The largest absolute Gasteiger partial charge is 0.805 e. The molecule has 1 unspecified atom stereocenters. The first-order chi connectivity index (χ1) is 7.68. The summed E-state index contributed by atoms with van der Waals surface area (Å²) in [7, 11) is -1.13. The second-order valence-electron chi connectivity index (χ2n) is 3.70. The molecule has 0 saturated carbocycles. The fourth-order valence-electron chi connectivity index (χ4n) is 1.97. The van der Waals surface area contributed by atoms with Crippen molar-refractivity contribution in [3.8, 4) is 0 Å². The van der Waals surface area contributed by atoms with Crippen LogP contribution in [0.2, 0.25) is 0 Å². The van der Waals surface area contributed by atoms with Crippen molar-refractivity contribution in [2.75, 3.05) is 0 Å². The zero-order valence-electron chi connectivity index (χ0n) is 8.25. The van der Waals surface area contributed by atoms with E-state index in [2.05, 4.69) is 0 Å². The third-order valence-electron chi connectivity index (χ3n) is 2.74. The van der Waals surface area contributed by atoms with Crippen LogP contribution >= 0.6 is 0 Å². The van der Waals surface area contributed by atoms with Crippen LogP contribution in [0.5, 0.6) is 0 Å². The van der Waals surface area contributed by atoms with Crippen molar-refractivity contribution in [3.63, 3.8) is 0 Å². The first-order valence-electron chi connectivity index (χ1n) is 4.79. The number of hydrogen-bond donors (Lipinski definition) is 0. The Hall–Kier alpha value is -1.69. The van der Waals surface area contributed by atoms with Crippen LogP contribution in [0.15, 0.2) is 24.3 Å². The number of fused-ring (bicyclic) bond motifs is 2. The van der Waals surface area contributed by atoms with E-state index in [1.807, 2.05) is 0 Å². The summed E-state index contributed by atoms with van der Waals surface area (Å²) in [5.41, 5.74) is 1.34. The van der Waals surface area contributed by atoms with E-state index in [-0.39, 0.29) is 11.5 Å². The third kappa shape index (κ3) is 1.13. The van der Waals surface area contributed by atoms with E-state index in [9.17, 15) is 14.3 Å². The fraction of sp³-hybridized carbons (Fsp3) is 0.200. The Balaban J connectivity index is 2.53. The van der Waals surface area contributed by atoms with Gasteiger partial charge < -0.3 is 9.94 Å². The summed E-state index contributed by atoms with van der Waals surface area (Å²) in [5, 5.41) is 11.9. The van der Waals surface area contributed by atoms with Crippen molar-refractivity contribution in [1.29, 1.82) is 0 Å². The lowest BCUT2D eigenvalue weighted by atomic mass is 10.2. The van der Waals surface area contributed by atoms with Gasteiger partial charge in [-0.2, -0.15) is 0 Å². The quantitative estimate of drug-likeness (QED) is 0.631. The van der Waals surface area contributed by atoms with Gasteiger partial charge in [-0.1, -0.05) is 12.1 Å². The van der Waals surface area contributed by atoms with Crippen LogP contribution < -0.4 is 4.43 Å². The van der Waals surface area contributed by atoms with Gasteiger partial charge in [0.25, 0.3) is 11.2 Å². The highest BCUT2D eigenvalue weighted by Crippen LogP contribution is 2.22. The van der Waals surface area contributed by atoms with Gasteiger partial charge in [-0.05, 0) is 6.07 Å². The molecule has 0 saturated heterocycles. The molecule has 1 aromatic carbocycles. The van der Waals surface area contributed by atoms with E-state index in [1.54, 1.807) is 24.3 Å². The number of hydrogen-bond acceptors (Lipinski definition) is 3. The molecule has 82 valence electrons. The summed E-state index contributed by atoms with van der Waals surface area (Å²) >= 11 is 0. The Kier molecular flexibility index (Phi) is 1.88. The molecule has 0 fully saturated rings. The van der Waals surface area contributed by atoms with Gasteiger partial charge in [-0.15, -0.1) is 0 Å². The van der Waals surface area contributed by atoms with E-state index in [4.69, 9.17) is 0 Å². The van der Waals surface area contributed by atoms with E-state index >= 15 is 0 Å². The van der Waals surface area contributed by atoms with Crippen molar-refractivity contribution in [1.82, 2.24) is 4.73 Å². The number of benzene rings is 1. The van der Waals surface area contributed by atoms with Crippen LogP contribution in [0.25, 0.3) is 11.0 Å². The zero-order chi connectivity index (χ0) is 11.3. The number of rotatable bonds is 0. The lowest BCUT2D eigenvalue weighted by Gasteiger charge is -2.14. The van der Waals surface area contributed by atoms with E-state index < -0.39 is 10.8 Å². The summed E-state index contributed by atoms with van der Waals surface area (Å²) in [6, 6.07) is 6.60. The van der Waals surface area contributed by atoms with Crippen LogP contribution in [-0.2, 0) is 22.3 Å². The Morgan fingerprint density at radius 3 is 2.88 bits per heavy atom. The van der Waals surface area contributed by atoms with Gasteiger partial charge in [0.1, 0.15) is 17.0 Å². The topological polar surface area (TPSA) is 68.0 Å². The van der Waals surface area contributed by atoms with Crippen LogP contribution in [0.1, 0.15) is 11.4 Å². The first-order valence-corrected chi connectivity index (χ1v) is 6.28. The average Bonchev–Trinajstić information content (AvgIpc) is 2.68. The average molecular weight is 236 g/mol. The predicted octanol–water partition coefficient (Wildman–Crippen LogP) is 0.664. The van der Waals surface area contributed by atoms with Gasteiger partial charge in [-0.3, -0.25) is 4.21 Å². The highest BCUT2D eigenvalue weighted by Gasteiger charge is 2.30. The first kappa shape index (κ1) is 9.53. The molecule has 5 nitrogen and oxygen atoms in total. The van der Waals surface area contributed by atoms with E-state index in [0.717, 1.165) is 9.16 Å². The van der Waals surface area contributed by atoms with Gasteiger partial charge in [0.15, 0.2) is 0 Å². The smallest absolute Gasteiger partial charge is 0.286 e. The number of para-hydroxylation sites is 2. The van der Waals surface area contributed by atoms with Crippen molar-refractivity contribution >= 4 is 21.8 Å². The Labute approximate surface area is 93.0 Å². The maximum Gasteiger partial charge on any atom is 0.286 e. The second kappa shape index (κ2) is 3.15. The van der Waals surface area contributed by atoms with Gasteiger partial charge >= 0.3 is 0 Å². The molecular weight excluding hydrogens is 228 g/mol. The Bertz CT molecular complexity index is 678. The number of nitrogens with zero attached hydrogens (tertiary/aromatic N) is 2. The maximum absolute atomic E-state index is 11.9. The summed E-state index contributed by atoms with van der Waals surface area (Å²) < 4.78 is 12.8. The molecule has 0 aliphatic carbocycles. The lowest BCUT2D eigenvalue weighted by molar-refractivity contribution is -0.474. The molecule has 0 radical (unpaired) electrons. The number of aromatic nitrogens is 2. The van der Waals surface area contributed by atoms with Crippen LogP contribution in [0, 0.1) is 10.1 Å². The van der Waals surface area contributed by atoms with Gasteiger partial charge in [0.2, 0.25) is 0 Å². The minimum atomic E-state index is -1.13. The molecule has 16 heavy (non-hydrogen) atoms. The van der Waals surface area contributed by atoms with Crippen LogP contribution in [0.3, 0.4) is 0 Å². The molecule has 1 aliphatic heterocycles. The van der Waals surface area contributed by atoms with Crippen molar-refractivity contribution < 1.29 is 8.64 Å². The summed E-state index contributed by atoms with van der Waals surface area (Å²) in [6.07, 6.45) is 0. The molecule has 2 heterocycles. The summed E-state index contributed by atoms with van der Waals surface area (Å²) in [4.78, 5) is 11.9. The Morgan fingerprint density at radius 1 is 1.31 bits per heavy atom. The molecule has 0 amide bonds. The zero-order valence-corrected chi connectivity index (χ0v) is 9.07. The normalized spacial score (nSPS) is 18.9. The SMILES string of the molecule is O=[n+]1c2c(n([O-])c3ccccc31)CS(=O)C2. The van der Waals surface area contributed by atoms with Crippen LogP contribution in [-0.4, -0.2) is 8.94 Å². The second-order valence-corrected chi connectivity index (χ2v) is 5.16. The summed E-state index contributed by atoms with van der Waals surface area (Å²) in [5.74, 6) is 0.345. The molecule has 1 aromatic heterocycles. The predicted molar refractivity (Wildman–Crippen MR) is 59.6 cm³/mol. The molecular formula is C10H8N2O3S. The summed E-state index contributed by atoms with van der Waals surface area (Å²) in [6.45, 7) is 0. The molecule has 0 N–H and O–H groups in total. The van der Waals surface area contributed by atoms with E-state index in [0.29, 0.717) is 22.4 Å². The highest BCUT2D eigenvalue weighted by atomic mass is 32.2. The molecule has 0 spiro atoms. The third-order valence-corrected chi connectivity index (χ3v) is 3.93. The molecule has 6 heteroatoms. The highest BCUT2D eigenvalue weighted by molar-refractivity contribution is 7.83. The Morgan fingerprint density at radius 2 is 2.06 bits per heavy atom. The van der Waals surface area contributed by atoms with Gasteiger partial charge in [0.05, 0.1) is 10.2 Å². The molecule has 1 atom stereocenters.